The maximum Gasteiger partial charge on any atom is 0.249 e. The summed E-state index contributed by atoms with van der Waals surface area (Å²) in [6.45, 7) is 3.27. The molecule has 0 spiro atoms. The van der Waals surface area contributed by atoms with E-state index < -0.39 is 29.6 Å². The fraction of sp³-hybridized carbons (Fsp3) is 0.450. The van der Waals surface area contributed by atoms with Crippen LogP contribution in [0.5, 0.6) is 5.75 Å². The van der Waals surface area contributed by atoms with Crippen molar-refractivity contribution in [3.05, 3.63) is 35.3 Å². The number of aliphatic hydroxyl groups is 1. The zero-order valence-electron chi connectivity index (χ0n) is 17.1. The van der Waals surface area contributed by atoms with Gasteiger partial charge in [-0.25, -0.2) is 18.2 Å². The molecule has 2 heterocycles. The van der Waals surface area contributed by atoms with E-state index in [1.807, 2.05) is 0 Å². The van der Waals surface area contributed by atoms with Crippen LogP contribution in [0.25, 0.3) is 0 Å². The fourth-order valence-electron chi connectivity index (χ4n) is 3.81. The highest BCUT2D eigenvalue weighted by molar-refractivity contribution is 6.03. The number of anilines is 3. The number of rotatable bonds is 5. The summed E-state index contributed by atoms with van der Waals surface area (Å²) in [5.74, 6) is -3.23. The number of carbonyl (C=O) groups excluding carboxylic acids is 1. The standard InChI is InChI=1S/C20H22F3N5O3/c1-8-16-18(28(3)17(9(2)29)19(30)26-16)27-20(24-8)25-10-4-11(5-10)31-15-7-13(22)12(21)6-14(15)23/h6-7,9-11,17,29H,4-5H2,1-3H3,(H,26,30)(H,24,25,27)/t9-,10?,11?,17-/m0/s1. The zero-order valence-corrected chi connectivity index (χ0v) is 17.1. The first-order valence-corrected chi connectivity index (χ1v) is 9.82. The van der Waals surface area contributed by atoms with Gasteiger partial charge < -0.3 is 25.4 Å². The second-order valence-corrected chi connectivity index (χ2v) is 7.87. The third-order valence-corrected chi connectivity index (χ3v) is 5.49. The van der Waals surface area contributed by atoms with Crippen molar-refractivity contribution in [3.63, 3.8) is 0 Å². The monoisotopic (exact) mass is 437 g/mol. The van der Waals surface area contributed by atoms with E-state index in [-0.39, 0.29) is 23.8 Å². The van der Waals surface area contributed by atoms with Gasteiger partial charge in [0, 0.05) is 38.1 Å². The Balaban J connectivity index is 1.42. The summed E-state index contributed by atoms with van der Waals surface area (Å²) in [6, 6.07) is 0.317. The molecular weight excluding hydrogens is 415 g/mol. The van der Waals surface area contributed by atoms with Gasteiger partial charge in [-0.15, -0.1) is 0 Å². The third-order valence-electron chi connectivity index (χ3n) is 5.49. The summed E-state index contributed by atoms with van der Waals surface area (Å²) >= 11 is 0. The number of amides is 1. The number of aromatic nitrogens is 2. The molecule has 1 fully saturated rings. The molecule has 2 atom stereocenters. The van der Waals surface area contributed by atoms with E-state index >= 15 is 0 Å². The van der Waals surface area contributed by atoms with Crippen molar-refractivity contribution in [1.29, 1.82) is 0 Å². The lowest BCUT2D eigenvalue weighted by atomic mass is 9.89. The molecule has 1 aliphatic carbocycles. The van der Waals surface area contributed by atoms with E-state index in [1.54, 1.807) is 18.9 Å². The Morgan fingerprint density at radius 1 is 1.23 bits per heavy atom. The number of halogens is 3. The van der Waals surface area contributed by atoms with Crippen molar-refractivity contribution in [3.8, 4) is 5.75 Å². The Labute approximate surface area is 176 Å². The second kappa shape index (κ2) is 7.88. The van der Waals surface area contributed by atoms with Crippen LogP contribution in [0.2, 0.25) is 0 Å². The maximum atomic E-state index is 13.7. The quantitative estimate of drug-likeness (QED) is 0.618. The predicted molar refractivity (Wildman–Crippen MR) is 107 cm³/mol. The molecule has 1 amide bonds. The maximum absolute atomic E-state index is 13.7. The fourth-order valence-corrected chi connectivity index (χ4v) is 3.81. The van der Waals surface area contributed by atoms with Crippen LogP contribution in [-0.2, 0) is 4.79 Å². The van der Waals surface area contributed by atoms with Crippen LogP contribution in [-0.4, -0.2) is 52.3 Å². The Kier molecular flexibility index (Phi) is 5.38. The molecule has 11 heteroatoms. The molecule has 1 saturated carbocycles. The number of ether oxygens (including phenoxy) is 1. The second-order valence-electron chi connectivity index (χ2n) is 7.87. The average Bonchev–Trinajstić information content (AvgIpc) is 2.65. The van der Waals surface area contributed by atoms with E-state index in [0.29, 0.717) is 48.1 Å². The van der Waals surface area contributed by atoms with Gasteiger partial charge in [-0.05, 0) is 13.8 Å². The van der Waals surface area contributed by atoms with Crippen LogP contribution in [0.3, 0.4) is 0 Å². The Bertz CT molecular complexity index is 1030. The van der Waals surface area contributed by atoms with Gasteiger partial charge in [0.25, 0.3) is 0 Å². The number of benzene rings is 1. The first kappa shape index (κ1) is 21.2. The minimum absolute atomic E-state index is 0.0631. The van der Waals surface area contributed by atoms with Crippen LogP contribution in [0.1, 0.15) is 25.5 Å². The van der Waals surface area contributed by atoms with Gasteiger partial charge in [0.1, 0.15) is 17.8 Å². The lowest BCUT2D eigenvalue weighted by Crippen LogP contribution is -2.52. The molecule has 0 saturated heterocycles. The molecule has 1 aromatic carbocycles. The highest BCUT2D eigenvalue weighted by atomic mass is 19.2. The molecule has 0 bridgehead atoms. The van der Waals surface area contributed by atoms with E-state index in [1.165, 1.54) is 6.92 Å². The molecule has 1 aromatic heterocycles. The van der Waals surface area contributed by atoms with Gasteiger partial charge in [0.15, 0.2) is 29.0 Å². The van der Waals surface area contributed by atoms with Gasteiger partial charge in [-0.3, -0.25) is 4.79 Å². The Morgan fingerprint density at radius 3 is 2.58 bits per heavy atom. The van der Waals surface area contributed by atoms with Crippen LogP contribution < -0.4 is 20.3 Å². The summed E-state index contributed by atoms with van der Waals surface area (Å²) in [5.41, 5.74) is 1.05. The molecule has 0 unspecified atom stereocenters. The molecule has 1 aliphatic heterocycles. The largest absolute Gasteiger partial charge is 0.487 e. The van der Waals surface area contributed by atoms with Crippen molar-refractivity contribution in [2.75, 3.05) is 22.6 Å². The van der Waals surface area contributed by atoms with Crippen LogP contribution in [0.15, 0.2) is 12.1 Å². The molecule has 3 N–H and O–H groups in total. The highest BCUT2D eigenvalue weighted by Gasteiger charge is 2.37. The minimum Gasteiger partial charge on any atom is -0.487 e. The number of aliphatic hydroxyl groups excluding tert-OH is 1. The molecule has 0 radical (unpaired) electrons. The molecular formula is C20H22F3N5O3. The predicted octanol–water partition coefficient (Wildman–Crippen LogP) is 2.36. The third kappa shape index (κ3) is 3.97. The van der Waals surface area contributed by atoms with Crippen molar-refractivity contribution in [1.82, 2.24) is 9.97 Å². The SMILES string of the molecule is Cc1nc(NC2CC(Oc3cc(F)c(F)cc3F)C2)nc2c1NC(=O)[C@H]([C@H](C)O)N2C. The van der Waals surface area contributed by atoms with Crippen molar-refractivity contribution >= 4 is 23.4 Å². The van der Waals surface area contributed by atoms with E-state index in [9.17, 15) is 23.1 Å². The first-order chi connectivity index (χ1) is 14.6. The van der Waals surface area contributed by atoms with Crippen molar-refractivity contribution in [2.24, 2.45) is 0 Å². The van der Waals surface area contributed by atoms with Gasteiger partial charge in [-0.1, -0.05) is 0 Å². The van der Waals surface area contributed by atoms with Gasteiger partial charge in [0.05, 0.1) is 11.8 Å². The first-order valence-electron chi connectivity index (χ1n) is 9.82. The molecule has 31 heavy (non-hydrogen) atoms. The van der Waals surface area contributed by atoms with Gasteiger partial charge in [-0.2, -0.15) is 4.98 Å². The summed E-state index contributed by atoms with van der Waals surface area (Å²) in [7, 11) is 1.68. The van der Waals surface area contributed by atoms with Gasteiger partial charge in [0.2, 0.25) is 11.9 Å². The van der Waals surface area contributed by atoms with E-state index in [4.69, 9.17) is 4.74 Å². The Morgan fingerprint density at radius 2 is 1.90 bits per heavy atom. The normalized spacial score (nSPS) is 23.5. The zero-order chi connectivity index (χ0) is 22.4. The smallest absolute Gasteiger partial charge is 0.249 e. The topological polar surface area (TPSA) is 99.6 Å². The van der Waals surface area contributed by atoms with Gasteiger partial charge >= 0.3 is 0 Å². The van der Waals surface area contributed by atoms with Crippen LogP contribution in [0.4, 0.5) is 30.6 Å². The number of carbonyl (C=O) groups is 1. The molecule has 2 aromatic rings. The highest BCUT2D eigenvalue weighted by Crippen LogP contribution is 2.35. The number of nitrogens with one attached hydrogen (secondary N) is 2. The molecule has 2 aliphatic rings. The average molecular weight is 437 g/mol. The number of fused-ring (bicyclic) bond motifs is 1. The van der Waals surface area contributed by atoms with Crippen molar-refractivity contribution < 1.29 is 27.8 Å². The summed E-state index contributed by atoms with van der Waals surface area (Å²) in [5, 5.41) is 15.8. The summed E-state index contributed by atoms with van der Waals surface area (Å²) in [4.78, 5) is 22.7. The summed E-state index contributed by atoms with van der Waals surface area (Å²) in [6.07, 6.45) is -0.287. The molecule has 8 nitrogen and oxygen atoms in total. The minimum atomic E-state index is -1.27. The number of aryl methyl sites for hydroxylation is 1. The Hall–Kier alpha value is -3.08. The van der Waals surface area contributed by atoms with Crippen molar-refractivity contribution in [2.45, 2.75) is 51.0 Å². The van der Waals surface area contributed by atoms with E-state index in [0.717, 1.165) is 0 Å². The summed E-state index contributed by atoms with van der Waals surface area (Å²) < 4.78 is 45.5. The number of nitrogens with zero attached hydrogens (tertiary/aromatic N) is 3. The number of likely N-dealkylation sites (N-methyl/N-ethyl adjacent to an activating group) is 1. The molecule has 166 valence electrons. The number of hydrogen-bond donors (Lipinski definition) is 3. The number of hydrogen-bond acceptors (Lipinski definition) is 7. The lowest BCUT2D eigenvalue weighted by molar-refractivity contribution is -0.119. The van der Waals surface area contributed by atoms with Crippen LogP contribution >= 0.6 is 0 Å². The molecule has 4 rings (SSSR count). The van der Waals surface area contributed by atoms with Crippen LogP contribution in [0, 0.1) is 24.4 Å². The van der Waals surface area contributed by atoms with E-state index in [2.05, 4.69) is 20.6 Å². The lowest BCUT2D eigenvalue weighted by Gasteiger charge is -2.38.